The molecule has 0 aliphatic rings. The molecule has 0 spiro atoms. The van der Waals surface area contributed by atoms with Gasteiger partial charge < -0.3 is 10.1 Å². The number of ether oxygens (including phenoxy) is 1. The zero-order valence-corrected chi connectivity index (χ0v) is 11.2. The third-order valence-corrected chi connectivity index (χ3v) is 2.66. The van der Waals surface area contributed by atoms with E-state index in [2.05, 4.69) is 17.0 Å². The monoisotopic (exact) mass is 271 g/mol. The van der Waals surface area contributed by atoms with Crippen LogP contribution in [0.2, 0.25) is 0 Å². The van der Waals surface area contributed by atoms with Gasteiger partial charge in [0.25, 0.3) is 0 Å². The third-order valence-electron chi connectivity index (χ3n) is 2.66. The van der Waals surface area contributed by atoms with E-state index >= 15 is 0 Å². The van der Waals surface area contributed by atoms with Crippen LogP contribution in [0, 0.1) is 5.92 Å². The number of amides is 1. The Morgan fingerprint density at radius 3 is 2.79 bits per heavy atom. The summed E-state index contributed by atoms with van der Waals surface area (Å²) >= 11 is 0. The average Bonchev–Trinajstić information content (AvgIpc) is 2.28. The van der Waals surface area contributed by atoms with Crippen molar-refractivity contribution in [2.75, 3.05) is 5.32 Å². The molecule has 1 atom stereocenters. The maximum atomic E-state index is 12.1. The molecule has 1 unspecified atom stereocenters. The second kappa shape index (κ2) is 7.71. The Morgan fingerprint density at radius 2 is 2.16 bits per heavy atom. The molecule has 0 heterocycles. The summed E-state index contributed by atoms with van der Waals surface area (Å²) in [5.74, 6) is 0.232. The largest absolute Gasteiger partial charge is 0.435 e. The van der Waals surface area contributed by atoms with Crippen LogP contribution in [0.15, 0.2) is 24.3 Å². The fourth-order valence-corrected chi connectivity index (χ4v) is 1.87. The third kappa shape index (κ3) is 6.18. The number of nitrogens with one attached hydrogen (secondary N) is 1. The summed E-state index contributed by atoms with van der Waals surface area (Å²) in [5.41, 5.74) is 0.465. The predicted molar refractivity (Wildman–Crippen MR) is 70.4 cm³/mol. The summed E-state index contributed by atoms with van der Waals surface area (Å²) in [7, 11) is 0. The normalized spacial score (nSPS) is 12.3. The first-order valence-corrected chi connectivity index (χ1v) is 6.36. The quantitative estimate of drug-likeness (QED) is 0.812. The molecule has 1 amide bonds. The van der Waals surface area contributed by atoms with Crippen molar-refractivity contribution in [3.8, 4) is 5.75 Å². The number of rotatable bonds is 7. The molecule has 0 aliphatic heterocycles. The second-order valence-corrected chi connectivity index (χ2v) is 4.55. The summed E-state index contributed by atoms with van der Waals surface area (Å²) in [5, 5.41) is 2.68. The van der Waals surface area contributed by atoms with Gasteiger partial charge in [-0.25, -0.2) is 0 Å². The summed E-state index contributed by atoms with van der Waals surface area (Å²) in [6.07, 6.45) is 2.45. The van der Waals surface area contributed by atoms with Gasteiger partial charge in [0, 0.05) is 18.2 Å². The van der Waals surface area contributed by atoms with Gasteiger partial charge in [0.2, 0.25) is 5.91 Å². The van der Waals surface area contributed by atoms with Crippen molar-refractivity contribution in [3.05, 3.63) is 24.3 Å². The van der Waals surface area contributed by atoms with E-state index in [4.69, 9.17) is 0 Å². The molecule has 0 aliphatic carbocycles. The van der Waals surface area contributed by atoms with Crippen LogP contribution in [0.3, 0.4) is 0 Å². The fourth-order valence-electron chi connectivity index (χ4n) is 1.87. The number of alkyl halides is 2. The van der Waals surface area contributed by atoms with Gasteiger partial charge in [0.15, 0.2) is 0 Å². The minimum Gasteiger partial charge on any atom is -0.435 e. The molecule has 0 radical (unpaired) electrons. The van der Waals surface area contributed by atoms with Crippen LogP contribution in [-0.2, 0) is 4.79 Å². The maximum Gasteiger partial charge on any atom is 0.387 e. The van der Waals surface area contributed by atoms with Crippen LogP contribution in [0.25, 0.3) is 0 Å². The Bertz CT molecular complexity index is 410. The van der Waals surface area contributed by atoms with Crippen molar-refractivity contribution in [3.63, 3.8) is 0 Å². The van der Waals surface area contributed by atoms with Crippen LogP contribution in [0.5, 0.6) is 5.75 Å². The van der Waals surface area contributed by atoms with Crippen molar-refractivity contribution in [1.29, 1.82) is 0 Å². The number of hydrogen-bond acceptors (Lipinski definition) is 2. The summed E-state index contributed by atoms with van der Waals surface area (Å²) < 4.78 is 28.4. The van der Waals surface area contributed by atoms with Crippen LogP contribution < -0.4 is 10.1 Å². The van der Waals surface area contributed by atoms with E-state index in [-0.39, 0.29) is 11.7 Å². The first kappa shape index (κ1) is 15.4. The topological polar surface area (TPSA) is 38.3 Å². The lowest BCUT2D eigenvalue weighted by molar-refractivity contribution is -0.117. The summed E-state index contributed by atoms with van der Waals surface area (Å²) in [4.78, 5) is 11.7. The Morgan fingerprint density at radius 1 is 1.42 bits per heavy atom. The second-order valence-electron chi connectivity index (χ2n) is 4.55. The lowest BCUT2D eigenvalue weighted by Gasteiger charge is -2.11. The van der Waals surface area contributed by atoms with Crippen molar-refractivity contribution in [2.45, 2.75) is 39.7 Å². The number of benzene rings is 1. The summed E-state index contributed by atoms with van der Waals surface area (Å²) in [6, 6.07) is 6.00. The smallest absolute Gasteiger partial charge is 0.387 e. The highest BCUT2D eigenvalue weighted by atomic mass is 19.3. The Labute approximate surface area is 112 Å². The molecular formula is C14H19F2NO2. The maximum absolute atomic E-state index is 12.1. The number of halogens is 2. The van der Waals surface area contributed by atoms with E-state index in [9.17, 15) is 13.6 Å². The van der Waals surface area contributed by atoms with Crippen molar-refractivity contribution < 1.29 is 18.3 Å². The molecule has 3 nitrogen and oxygen atoms in total. The molecule has 0 bridgehead atoms. The SMILES string of the molecule is CCCC(C)CC(=O)Nc1cccc(OC(F)F)c1. The van der Waals surface area contributed by atoms with Crippen molar-refractivity contribution in [2.24, 2.45) is 5.92 Å². The van der Waals surface area contributed by atoms with Crippen molar-refractivity contribution >= 4 is 11.6 Å². The van der Waals surface area contributed by atoms with E-state index in [0.717, 1.165) is 12.8 Å². The van der Waals surface area contributed by atoms with E-state index in [0.29, 0.717) is 18.0 Å². The molecule has 0 saturated heterocycles. The molecule has 1 aromatic rings. The number of carbonyl (C=O) groups is 1. The van der Waals surface area contributed by atoms with Gasteiger partial charge >= 0.3 is 6.61 Å². The molecule has 1 N–H and O–H groups in total. The Balaban J connectivity index is 2.54. The molecule has 5 heteroatoms. The van der Waals surface area contributed by atoms with E-state index in [1.165, 1.54) is 12.1 Å². The van der Waals surface area contributed by atoms with Crippen LogP contribution >= 0.6 is 0 Å². The highest BCUT2D eigenvalue weighted by Crippen LogP contribution is 2.20. The van der Waals surface area contributed by atoms with Gasteiger partial charge in [-0.2, -0.15) is 8.78 Å². The average molecular weight is 271 g/mol. The molecular weight excluding hydrogens is 252 g/mol. The van der Waals surface area contributed by atoms with Gasteiger partial charge in [-0.15, -0.1) is 0 Å². The van der Waals surface area contributed by atoms with Gasteiger partial charge in [0.05, 0.1) is 0 Å². The standard InChI is InChI=1S/C14H19F2NO2/c1-3-5-10(2)8-13(18)17-11-6-4-7-12(9-11)19-14(15)16/h4,6-7,9-10,14H,3,5,8H2,1-2H3,(H,17,18). The van der Waals surface area contributed by atoms with Gasteiger partial charge in [-0.3, -0.25) is 4.79 Å². The van der Waals surface area contributed by atoms with Crippen molar-refractivity contribution in [1.82, 2.24) is 0 Å². The lowest BCUT2D eigenvalue weighted by Crippen LogP contribution is -2.15. The summed E-state index contributed by atoms with van der Waals surface area (Å²) in [6.45, 7) is 1.22. The molecule has 19 heavy (non-hydrogen) atoms. The zero-order chi connectivity index (χ0) is 14.3. The first-order valence-electron chi connectivity index (χ1n) is 6.36. The highest BCUT2D eigenvalue weighted by Gasteiger charge is 2.10. The predicted octanol–water partition coefficient (Wildman–Crippen LogP) is 4.05. The van der Waals surface area contributed by atoms with Gasteiger partial charge in [-0.05, 0) is 18.1 Å². The first-order chi connectivity index (χ1) is 9.01. The molecule has 0 saturated carbocycles. The minimum absolute atomic E-state index is 0.0365. The van der Waals surface area contributed by atoms with Gasteiger partial charge in [-0.1, -0.05) is 32.8 Å². The number of hydrogen-bond donors (Lipinski definition) is 1. The van der Waals surface area contributed by atoms with Gasteiger partial charge in [0.1, 0.15) is 5.75 Å². The molecule has 1 aromatic carbocycles. The van der Waals surface area contributed by atoms with Crippen LogP contribution in [0.4, 0.5) is 14.5 Å². The highest BCUT2D eigenvalue weighted by molar-refractivity contribution is 5.91. The lowest BCUT2D eigenvalue weighted by atomic mass is 10.0. The number of anilines is 1. The zero-order valence-electron chi connectivity index (χ0n) is 11.2. The molecule has 1 rings (SSSR count). The fraction of sp³-hybridized carbons (Fsp3) is 0.500. The van der Waals surface area contributed by atoms with E-state index in [1.807, 2.05) is 6.92 Å². The van der Waals surface area contributed by atoms with E-state index < -0.39 is 6.61 Å². The van der Waals surface area contributed by atoms with Crippen LogP contribution in [0.1, 0.15) is 33.1 Å². The minimum atomic E-state index is -2.87. The van der Waals surface area contributed by atoms with E-state index in [1.54, 1.807) is 12.1 Å². The Hall–Kier alpha value is -1.65. The van der Waals surface area contributed by atoms with Crippen LogP contribution in [-0.4, -0.2) is 12.5 Å². The molecule has 106 valence electrons. The Kier molecular flexibility index (Phi) is 6.25. The number of carbonyl (C=O) groups excluding carboxylic acids is 1. The molecule has 0 fully saturated rings. The molecule has 0 aromatic heterocycles.